The van der Waals surface area contributed by atoms with Gasteiger partial charge < -0.3 is 20.1 Å². The second-order valence-corrected chi connectivity index (χ2v) is 4.77. The number of methoxy groups -OCH3 is 1. The summed E-state index contributed by atoms with van der Waals surface area (Å²) in [6, 6.07) is 5.00. The van der Waals surface area contributed by atoms with Gasteiger partial charge in [-0.15, -0.1) is 0 Å². The maximum atomic E-state index is 11.9. The molecule has 0 spiro atoms. The Morgan fingerprint density at radius 3 is 2.70 bits per heavy atom. The molecule has 1 fully saturated rings. The molecule has 0 radical (unpaired) electrons. The van der Waals surface area contributed by atoms with E-state index in [2.05, 4.69) is 0 Å². The lowest BCUT2D eigenvalue weighted by Gasteiger charge is -2.16. The van der Waals surface area contributed by atoms with E-state index in [1.807, 2.05) is 0 Å². The van der Waals surface area contributed by atoms with Crippen LogP contribution in [0.25, 0.3) is 0 Å². The smallest absolute Gasteiger partial charge is 0.340 e. The van der Waals surface area contributed by atoms with Crippen LogP contribution in [0.1, 0.15) is 23.2 Å². The maximum Gasteiger partial charge on any atom is 0.340 e. The lowest BCUT2D eigenvalue weighted by Crippen LogP contribution is -2.33. The molecule has 1 amide bonds. The van der Waals surface area contributed by atoms with Crippen molar-refractivity contribution in [2.24, 2.45) is 0 Å². The van der Waals surface area contributed by atoms with E-state index in [9.17, 15) is 9.59 Å². The number of nitrogens with zero attached hydrogens (tertiary/aromatic N) is 1. The van der Waals surface area contributed by atoms with E-state index in [4.69, 9.17) is 15.2 Å². The largest absolute Gasteiger partial charge is 0.497 e. The summed E-state index contributed by atoms with van der Waals surface area (Å²) in [5.41, 5.74) is 6.21. The molecule has 1 aliphatic rings. The number of likely N-dealkylation sites (N-methyl/N-ethyl adjacent to an activating group) is 1. The molecule has 1 aromatic rings. The van der Waals surface area contributed by atoms with Crippen molar-refractivity contribution >= 4 is 17.6 Å². The number of carbonyl (C=O) groups excluding carboxylic acids is 2. The summed E-state index contributed by atoms with van der Waals surface area (Å²) in [5, 5.41) is 0. The van der Waals surface area contributed by atoms with Crippen LogP contribution in [0.4, 0.5) is 5.69 Å². The molecule has 108 valence electrons. The summed E-state index contributed by atoms with van der Waals surface area (Å²) in [5.74, 6) is -0.325. The van der Waals surface area contributed by atoms with E-state index in [0.29, 0.717) is 17.5 Å². The summed E-state index contributed by atoms with van der Waals surface area (Å²) in [7, 11) is 3.21. The van der Waals surface area contributed by atoms with Gasteiger partial charge in [0, 0.05) is 18.8 Å². The molecule has 0 aromatic heterocycles. The number of ether oxygens (including phenoxy) is 2. The maximum absolute atomic E-state index is 11.9. The Bertz CT molecular complexity index is 526. The average Bonchev–Trinajstić information content (AvgIpc) is 3.28. The van der Waals surface area contributed by atoms with E-state index in [1.165, 1.54) is 13.2 Å². The highest BCUT2D eigenvalue weighted by Crippen LogP contribution is 2.25. The van der Waals surface area contributed by atoms with Crippen LogP contribution in [0.5, 0.6) is 5.75 Å². The predicted molar refractivity (Wildman–Crippen MR) is 73.5 cm³/mol. The summed E-state index contributed by atoms with van der Waals surface area (Å²) >= 11 is 0. The summed E-state index contributed by atoms with van der Waals surface area (Å²) in [6.07, 6.45) is 2.03. The van der Waals surface area contributed by atoms with Gasteiger partial charge in [0.25, 0.3) is 5.91 Å². The molecule has 0 saturated heterocycles. The number of hydrogen-bond acceptors (Lipinski definition) is 5. The van der Waals surface area contributed by atoms with Gasteiger partial charge in [0.2, 0.25) is 0 Å². The topological polar surface area (TPSA) is 81.9 Å². The van der Waals surface area contributed by atoms with Crippen molar-refractivity contribution in [3.05, 3.63) is 23.8 Å². The zero-order chi connectivity index (χ0) is 14.7. The van der Waals surface area contributed by atoms with E-state index >= 15 is 0 Å². The molecule has 0 unspecified atom stereocenters. The van der Waals surface area contributed by atoms with Crippen molar-refractivity contribution in [1.29, 1.82) is 0 Å². The van der Waals surface area contributed by atoms with Crippen LogP contribution in [0.3, 0.4) is 0 Å². The standard InChI is InChI=1S/C14H18N2O4/c1-16(9-3-4-9)13(17)8-20-14(18)11-7-10(19-2)5-6-12(11)15/h5-7,9H,3-4,8,15H2,1-2H3. The number of esters is 1. The number of benzene rings is 1. The van der Waals surface area contributed by atoms with Crippen LogP contribution < -0.4 is 10.5 Å². The fraction of sp³-hybridized carbons (Fsp3) is 0.429. The van der Waals surface area contributed by atoms with Crippen molar-refractivity contribution in [2.75, 3.05) is 26.5 Å². The quantitative estimate of drug-likeness (QED) is 0.643. The highest BCUT2D eigenvalue weighted by Gasteiger charge is 2.30. The summed E-state index contributed by atoms with van der Waals surface area (Å²) in [6.45, 7) is -0.275. The molecule has 0 aliphatic heterocycles. The molecule has 6 heteroatoms. The van der Waals surface area contributed by atoms with Gasteiger partial charge in [-0.2, -0.15) is 0 Å². The number of amides is 1. The van der Waals surface area contributed by atoms with Crippen molar-refractivity contribution in [1.82, 2.24) is 4.90 Å². The highest BCUT2D eigenvalue weighted by atomic mass is 16.5. The number of anilines is 1. The van der Waals surface area contributed by atoms with Gasteiger partial charge in [-0.05, 0) is 31.0 Å². The molecule has 0 bridgehead atoms. The van der Waals surface area contributed by atoms with Gasteiger partial charge in [0.1, 0.15) is 5.75 Å². The minimum Gasteiger partial charge on any atom is -0.497 e. The second kappa shape index (κ2) is 5.81. The van der Waals surface area contributed by atoms with Crippen LogP contribution >= 0.6 is 0 Å². The fourth-order valence-corrected chi connectivity index (χ4v) is 1.81. The lowest BCUT2D eigenvalue weighted by atomic mass is 10.2. The zero-order valence-corrected chi connectivity index (χ0v) is 11.6. The van der Waals surface area contributed by atoms with Gasteiger partial charge in [-0.1, -0.05) is 0 Å². The molecule has 2 N–H and O–H groups in total. The molecule has 0 atom stereocenters. The van der Waals surface area contributed by atoms with Gasteiger partial charge >= 0.3 is 5.97 Å². The van der Waals surface area contributed by atoms with Gasteiger partial charge in [0.15, 0.2) is 6.61 Å². The molecule has 1 aliphatic carbocycles. The first-order valence-corrected chi connectivity index (χ1v) is 6.39. The van der Waals surface area contributed by atoms with Crippen molar-refractivity contribution < 1.29 is 19.1 Å². The Kier molecular flexibility index (Phi) is 4.12. The van der Waals surface area contributed by atoms with Crippen LogP contribution in [-0.4, -0.2) is 43.6 Å². The molecule has 2 rings (SSSR count). The van der Waals surface area contributed by atoms with Gasteiger partial charge in [-0.3, -0.25) is 4.79 Å². The molecule has 0 heterocycles. The zero-order valence-electron chi connectivity index (χ0n) is 11.6. The third-order valence-corrected chi connectivity index (χ3v) is 3.30. The third kappa shape index (κ3) is 3.20. The molecule has 20 heavy (non-hydrogen) atoms. The predicted octanol–water partition coefficient (Wildman–Crippen LogP) is 1.05. The first-order chi connectivity index (χ1) is 9.52. The number of hydrogen-bond donors (Lipinski definition) is 1. The molecular weight excluding hydrogens is 260 g/mol. The van der Waals surface area contributed by atoms with Gasteiger partial charge in [0.05, 0.1) is 12.7 Å². The first kappa shape index (κ1) is 14.2. The van der Waals surface area contributed by atoms with Crippen molar-refractivity contribution in [2.45, 2.75) is 18.9 Å². The minimum absolute atomic E-state index is 0.200. The van der Waals surface area contributed by atoms with E-state index < -0.39 is 5.97 Å². The van der Waals surface area contributed by atoms with E-state index in [-0.39, 0.29) is 18.1 Å². The number of rotatable bonds is 5. The average molecular weight is 278 g/mol. The summed E-state index contributed by atoms with van der Waals surface area (Å²) < 4.78 is 10.0. The van der Waals surface area contributed by atoms with Crippen molar-refractivity contribution in [3.63, 3.8) is 0 Å². The van der Waals surface area contributed by atoms with E-state index in [0.717, 1.165) is 12.8 Å². The molecule has 6 nitrogen and oxygen atoms in total. The first-order valence-electron chi connectivity index (χ1n) is 6.39. The Balaban J connectivity index is 1.95. The third-order valence-electron chi connectivity index (χ3n) is 3.30. The Hall–Kier alpha value is -2.24. The van der Waals surface area contributed by atoms with Gasteiger partial charge in [-0.25, -0.2) is 4.79 Å². The Labute approximate surface area is 117 Å². The van der Waals surface area contributed by atoms with E-state index in [1.54, 1.807) is 24.1 Å². The number of nitrogen functional groups attached to an aromatic ring is 1. The monoisotopic (exact) mass is 278 g/mol. The molecule has 1 aromatic carbocycles. The Morgan fingerprint density at radius 2 is 2.10 bits per heavy atom. The summed E-state index contributed by atoms with van der Waals surface area (Å²) in [4.78, 5) is 25.3. The van der Waals surface area contributed by atoms with Crippen molar-refractivity contribution in [3.8, 4) is 5.75 Å². The molecule has 1 saturated carbocycles. The molecular formula is C14H18N2O4. The fourth-order valence-electron chi connectivity index (χ4n) is 1.81. The normalized spacial score (nSPS) is 13.7. The SMILES string of the molecule is COc1ccc(N)c(C(=O)OCC(=O)N(C)C2CC2)c1. The Morgan fingerprint density at radius 1 is 1.40 bits per heavy atom. The number of nitrogens with two attached hydrogens (primary N) is 1. The highest BCUT2D eigenvalue weighted by molar-refractivity contribution is 5.96. The minimum atomic E-state index is -0.626. The lowest BCUT2D eigenvalue weighted by molar-refractivity contribution is -0.133. The van der Waals surface area contributed by atoms with Crippen LogP contribution in [0.2, 0.25) is 0 Å². The van der Waals surface area contributed by atoms with Crippen LogP contribution in [-0.2, 0) is 9.53 Å². The van der Waals surface area contributed by atoms with Crippen LogP contribution in [0.15, 0.2) is 18.2 Å². The second-order valence-electron chi connectivity index (χ2n) is 4.77. The van der Waals surface area contributed by atoms with Crippen LogP contribution in [0, 0.1) is 0 Å². The number of carbonyl (C=O) groups is 2.